The van der Waals surface area contributed by atoms with E-state index in [4.69, 9.17) is 9.15 Å². The van der Waals surface area contributed by atoms with Crippen LogP contribution in [0.15, 0.2) is 51.9 Å². The van der Waals surface area contributed by atoms with E-state index in [0.29, 0.717) is 49.5 Å². The molecule has 33 heavy (non-hydrogen) atoms. The zero-order valence-corrected chi connectivity index (χ0v) is 19.0. The van der Waals surface area contributed by atoms with E-state index >= 15 is 0 Å². The number of benzene rings is 1. The molecule has 172 valence electrons. The van der Waals surface area contributed by atoms with Gasteiger partial charge in [0.2, 0.25) is 5.91 Å². The maximum Gasteiger partial charge on any atom is 0.291 e. The van der Waals surface area contributed by atoms with E-state index in [1.165, 1.54) is 4.68 Å². The van der Waals surface area contributed by atoms with Crippen molar-refractivity contribution in [3.63, 3.8) is 0 Å². The number of hydrogen-bond acceptors (Lipinski definition) is 6. The predicted octanol–water partition coefficient (Wildman–Crippen LogP) is 2.72. The topological polar surface area (TPSA) is 85.2 Å². The van der Waals surface area contributed by atoms with Gasteiger partial charge in [-0.05, 0) is 19.1 Å². The molecule has 0 unspecified atom stereocenters. The number of piperazine rings is 1. The smallest absolute Gasteiger partial charge is 0.291 e. The SMILES string of the molecule is CCc1nn([C@@H](C)C(=O)N2CCN(c3cccc(OC)c3)CC2)c(=O)c2cc3occc3n12. The number of methoxy groups -OCH3 is 1. The van der Waals surface area contributed by atoms with Gasteiger partial charge in [0.05, 0.1) is 18.9 Å². The van der Waals surface area contributed by atoms with E-state index in [-0.39, 0.29) is 11.5 Å². The second-order valence-corrected chi connectivity index (χ2v) is 8.24. The van der Waals surface area contributed by atoms with Gasteiger partial charge in [-0.1, -0.05) is 13.0 Å². The lowest BCUT2D eigenvalue weighted by Gasteiger charge is -2.37. The van der Waals surface area contributed by atoms with Crippen LogP contribution in [0.2, 0.25) is 0 Å². The van der Waals surface area contributed by atoms with E-state index in [1.54, 1.807) is 26.4 Å². The Bertz CT molecular complexity index is 1380. The summed E-state index contributed by atoms with van der Waals surface area (Å²) in [4.78, 5) is 30.6. The van der Waals surface area contributed by atoms with Gasteiger partial charge in [-0.25, -0.2) is 4.68 Å². The summed E-state index contributed by atoms with van der Waals surface area (Å²) in [6, 6.07) is 10.8. The monoisotopic (exact) mass is 449 g/mol. The van der Waals surface area contributed by atoms with E-state index in [0.717, 1.165) is 17.0 Å². The molecular weight excluding hydrogens is 422 g/mol. The number of carbonyl (C=O) groups is 1. The van der Waals surface area contributed by atoms with Gasteiger partial charge in [-0.15, -0.1) is 0 Å². The molecule has 1 aliphatic heterocycles. The van der Waals surface area contributed by atoms with Gasteiger partial charge < -0.3 is 19.0 Å². The summed E-state index contributed by atoms with van der Waals surface area (Å²) in [5, 5.41) is 4.57. The molecule has 0 spiro atoms. The fraction of sp³-hybridized carbons (Fsp3) is 0.375. The van der Waals surface area contributed by atoms with Gasteiger partial charge in [0.1, 0.15) is 23.1 Å². The molecule has 0 saturated carbocycles. The minimum absolute atomic E-state index is 0.100. The number of ether oxygens (including phenoxy) is 1. The Labute approximate surface area is 190 Å². The van der Waals surface area contributed by atoms with E-state index in [2.05, 4.69) is 10.00 Å². The number of furan rings is 1. The standard InChI is InChI=1S/C24H27N5O4/c1-4-22-25-29(24(31)20-15-21-19(28(20)22)8-13-33-21)16(2)23(30)27-11-9-26(10-12-27)17-6-5-7-18(14-17)32-3/h5-8,13-16H,4,9-12H2,1-3H3/t16-/m0/s1. The van der Waals surface area contributed by atoms with Crippen molar-refractivity contribution in [1.29, 1.82) is 0 Å². The largest absolute Gasteiger partial charge is 0.497 e. The first-order chi connectivity index (χ1) is 16.0. The molecule has 4 aromatic rings. The zero-order valence-electron chi connectivity index (χ0n) is 19.0. The number of hydrogen-bond donors (Lipinski definition) is 0. The predicted molar refractivity (Wildman–Crippen MR) is 125 cm³/mol. The lowest BCUT2D eigenvalue weighted by molar-refractivity contribution is -0.135. The fourth-order valence-electron chi connectivity index (χ4n) is 4.55. The van der Waals surface area contributed by atoms with Crippen LogP contribution in [-0.2, 0) is 11.2 Å². The highest BCUT2D eigenvalue weighted by atomic mass is 16.5. The van der Waals surface area contributed by atoms with E-state index < -0.39 is 6.04 Å². The van der Waals surface area contributed by atoms with Gasteiger partial charge in [0.25, 0.3) is 5.56 Å². The second-order valence-electron chi connectivity index (χ2n) is 8.24. The Hall–Kier alpha value is -3.75. The third-order valence-electron chi connectivity index (χ3n) is 6.38. The first-order valence-corrected chi connectivity index (χ1v) is 11.2. The number of anilines is 1. The maximum absolute atomic E-state index is 13.3. The normalized spacial score (nSPS) is 15.4. The van der Waals surface area contributed by atoms with Crippen LogP contribution < -0.4 is 15.2 Å². The van der Waals surface area contributed by atoms with Crippen molar-refractivity contribution in [3.05, 3.63) is 58.8 Å². The molecule has 1 saturated heterocycles. The van der Waals surface area contributed by atoms with Crippen LogP contribution in [0, 0.1) is 0 Å². The molecule has 0 aliphatic carbocycles. The Morgan fingerprint density at radius 1 is 1.15 bits per heavy atom. The summed E-state index contributed by atoms with van der Waals surface area (Å²) in [6.07, 6.45) is 2.21. The van der Waals surface area contributed by atoms with Crippen molar-refractivity contribution in [2.45, 2.75) is 26.3 Å². The lowest BCUT2D eigenvalue weighted by Crippen LogP contribution is -2.51. The quantitative estimate of drug-likeness (QED) is 0.466. The van der Waals surface area contributed by atoms with Crippen LogP contribution in [0.4, 0.5) is 5.69 Å². The molecule has 1 aliphatic rings. The van der Waals surface area contributed by atoms with E-state index in [9.17, 15) is 9.59 Å². The van der Waals surface area contributed by atoms with Crippen molar-refractivity contribution >= 4 is 28.2 Å². The summed E-state index contributed by atoms with van der Waals surface area (Å²) >= 11 is 0. The average Bonchev–Trinajstić information content (AvgIpc) is 3.46. The van der Waals surface area contributed by atoms with Crippen LogP contribution in [0.25, 0.3) is 16.6 Å². The molecule has 1 amide bonds. The molecule has 9 nitrogen and oxygen atoms in total. The molecular formula is C24H27N5O4. The van der Waals surface area contributed by atoms with Crippen LogP contribution in [-0.4, -0.2) is 58.3 Å². The average molecular weight is 450 g/mol. The summed E-state index contributed by atoms with van der Waals surface area (Å²) in [7, 11) is 1.65. The highest BCUT2D eigenvalue weighted by Gasteiger charge is 2.28. The Morgan fingerprint density at radius 2 is 1.94 bits per heavy atom. The Kier molecular flexibility index (Phi) is 5.32. The van der Waals surface area contributed by atoms with Crippen molar-refractivity contribution < 1.29 is 13.9 Å². The molecule has 5 rings (SSSR count). The number of fused-ring (bicyclic) bond motifs is 3. The highest BCUT2D eigenvalue weighted by molar-refractivity contribution is 5.83. The second kappa shape index (κ2) is 8.31. The number of aryl methyl sites for hydroxylation is 1. The van der Waals surface area contributed by atoms with Crippen LogP contribution >= 0.6 is 0 Å². The third kappa shape index (κ3) is 3.53. The number of carbonyl (C=O) groups excluding carboxylic acids is 1. The third-order valence-corrected chi connectivity index (χ3v) is 6.38. The summed E-state index contributed by atoms with van der Waals surface area (Å²) in [5.41, 5.74) is 2.69. The molecule has 0 bridgehead atoms. The van der Waals surface area contributed by atoms with Crippen LogP contribution in [0.5, 0.6) is 5.75 Å². The first-order valence-electron chi connectivity index (χ1n) is 11.2. The number of amides is 1. The zero-order chi connectivity index (χ0) is 23.1. The maximum atomic E-state index is 13.3. The molecule has 3 aromatic heterocycles. The highest BCUT2D eigenvalue weighted by Crippen LogP contribution is 2.24. The van der Waals surface area contributed by atoms with Gasteiger partial charge in [-0.3, -0.25) is 14.0 Å². The van der Waals surface area contributed by atoms with Crippen molar-refractivity contribution in [1.82, 2.24) is 19.1 Å². The molecule has 0 N–H and O–H groups in total. The number of rotatable bonds is 5. The summed E-state index contributed by atoms with van der Waals surface area (Å²) in [5.74, 6) is 1.42. The first kappa shape index (κ1) is 21.1. The molecule has 4 heterocycles. The molecule has 1 aromatic carbocycles. The van der Waals surface area contributed by atoms with Crippen LogP contribution in [0.1, 0.15) is 25.7 Å². The number of nitrogens with zero attached hydrogens (tertiary/aromatic N) is 5. The molecule has 1 atom stereocenters. The Balaban J connectivity index is 1.37. The van der Waals surface area contributed by atoms with Gasteiger partial charge in [-0.2, -0.15) is 5.10 Å². The summed E-state index contributed by atoms with van der Waals surface area (Å²) in [6.45, 7) is 6.30. The van der Waals surface area contributed by atoms with E-state index in [1.807, 2.05) is 46.6 Å². The van der Waals surface area contributed by atoms with Crippen molar-refractivity contribution in [3.8, 4) is 5.75 Å². The summed E-state index contributed by atoms with van der Waals surface area (Å²) < 4.78 is 13.9. The van der Waals surface area contributed by atoms with Gasteiger partial charge in [0, 0.05) is 56.5 Å². The van der Waals surface area contributed by atoms with Crippen molar-refractivity contribution in [2.75, 3.05) is 38.2 Å². The van der Waals surface area contributed by atoms with Gasteiger partial charge in [0.15, 0.2) is 5.58 Å². The van der Waals surface area contributed by atoms with Crippen molar-refractivity contribution in [2.24, 2.45) is 0 Å². The molecule has 1 fully saturated rings. The minimum atomic E-state index is -0.697. The Morgan fingerprint density at radius 3 is 2.67 bits per heavy atom. The minimum Gasteiger partial charge on any atom is -0.497 e. The molecule has 0 radical (unpaired) electrons. The lowest BCUT2D eigenvalue weighted by atomic mass is 10.2. The fourth-order valence-corrected chi connectivity index (χ4v) is 4.55. The molecule has 9 heteroatoms. The van der Waals surface area contributed by atoms with Gasteiger partial charge >= 0.3 is 0 Å². The number of aromatic nitrogens is 3. The van der Waals surface area contributed by atoms with Crippen LogP contribution in [0.3, 0.4) is 0 Å².